The predicted octanol–water partition coefficient (Wildman–Crippen LogP) is 2.69. The molecule has 78 valence electrons. The number of hydrogen-bond acceptors (Lipinski definition) is 3. The highest BCUT2D eigenvalue weighted by Gasteiger charge is 2.02. The first-order chi connectivity index (χ1) is 6.70. The van der Waals surface area contributed by atoms with Gasteiger partial charge in [0.25, 0.3) is 0 Å². The summed E-state index contributed by atoms with van der Waals surface area (Å²) in [5, 5.41) is 8.41. The second-order valence-electron chi connectivity index (χ2n) is 3.08. The zero-order valence-corrected chi connectivity index (χ0v) is 8.97. The molecule has 4 heteroatoms. The number of rotatable bonds is 6. The molecule has 1 heterocycles. The SMILES string of the molecule is Cc1ccoc1CSCCCC(=O)O. The van der Waals surface area contributed by atoms with Gasteiger partial charge in [-0.2, -0.15) is 11.8 Å². The van der Waals surface area contributed by atoms with E-state index in [-0.39, 0.29) is 6.42 Å². The van der Waals surface area contributed by atoms with Crippen molar-refractivity contribution in [1.82, 2.24) is 0 Å². The van der Waals surface area contributed by atoms with E-state index >= 15 is 0 Å². The first-order valence-corrected chi connectivity index (χ1v) is 5.68. The molecular formula is C10H14O3S. The van der Waals surface area contributed by atoms with Gasteiger partial charge in [-0.3, -0.25) is 4.79 Å². The Morgan fingerprint density at radius 2 is 2.43 bits per heavy atom. The van der Waals surface area contributed by atoms with Gasteiger partial charge in [0.05, 0.1) is 12.0 Å². The van der Waals surface area contributed by atoms with Gasteiger partial charge in [0, 0.05) is 6.42 Å². The zero-order valence-electron chi connectivity index (χ0n) is 8.16. The van der Waals surface area contributed by atoms with E-state index in [1.165, 1.54) is 0 Å². The molecule has 0 unspecified atom stereocenters. The fourth-order valence-electron chi connectivity index (χ4n) is 1.04. The van der Waals surface area contributed by atoms with Gasteiger partial charge in [0.15, 0.2) is 0 Å². The molecule has 1 aromatic heterocycles. The summed E-state index contributed by atoms with van der Waals surface area (Å²) < 4.78 is 5.25. The summed E-state index contributed by atoms with van der Waals surface area (Å²) in [4.78, 5) is 10.2. The molecule has 0 spiro atoms. The van der Waals surface area contributed by atoms with E-state index in [1.807, 2.05) is 13.0 Å². The highest BCUT2D eigenvalue weighted by molar-refractivity contribution is 7.98. The number of furan rings is 1. The Balaban J connectivity index is 2.10. The summed E-state index contributed by atoms with van der Waals surface area (Å²) in [7, 11) is 0. The maximum atomic E-state index is 10.2. The summed E-state index contributed by atoms with van der Waals surface area (Å²) in [6, 6.07) is 1.94. The Hall–Kier alpha value is -0.900. The summed E-state index contributed by atoms with van der Waals surface area (Å²) >= 11 is 1.71. The van der Waals surface area contributed by atoms with Crippen LogP contribution in [0, 0.1) is 6.92 Å². The van der Waals surface area contributed by atoms with Crippen molar-refractivity contribution in [3.63, 3.8) is 0 Å². The van der Waals surface area contributed by atoms with Crippen molar-refractivity contribution >= 4 is 17.7 Å². The lowest BCUT2D eigenvalue weighted by atomic mass is 10.3. The maximum absolute atomic E-state index is 10.2. The summed E-state index contributed by atoms with van der Waals surface area (Å²) in [6.07, 6.45) is 2.66. The largest absolute Gasteiger partial charge is 0.481 e. The number of hydrogen-bond donors (Lipinski definition) is 1. The Morgan fingerprint density at radius 3 is 3.00 bits per heavy atom. The van der Waals surface area contributed by atoms with Crippen LogP contribution in [0.4, 0.5) is 0 Å². The van der Waals surface area contributed by atoms with Crippen LogP contribution >= 0.6 is 11.8 Å². The Bertz CT molecular complexity index is 293. The number of carboxylic acid groups (broad SMARTS) is 1. The minimum absolute atomic E-state index is 0.254. The molecule has 0 saturated carbocycles. The van der Waals surface area contributed by atoms with E-state index < -0.39 is 5.97 Å². The minimum atomic E-state index is -0.722. The lowest BCUT2D eigenvalue weighted by Gasteiger charge is -1.98. The fraction of sp³-hybridized carbons (Fsp3) is 0.500. The molecule has 1 aromatic rings. The Morgan fingerprint density at radius 1 is 1.64 bits per heavy atom. The highest BCUT2D eigenvalue weighted by Crippen LogP contribution is 2.17. The molecule has 1 N–H and O–H groups in total. The van der Waals surface area contributed by atoms with Crippen LogP contribution in [0.2, 0.25) is 0 Å². The molecule has 0 aliphatic carbocycles. The molecule has 0 saturated heterocycles. The van der Waals surface area contributed by atoms with E-state index in [4.69, 9.17) is 9.52 Å². The molecule has 0 aliphatic rings. The van der Waals surface area contributed by atoms with Crippen molar-refractivity contribution in [3.05, 3.63) is 23.7 Å². The van der Waals surface area contributed by atoms with Crippen LogP contribution < -0.4 is 0 Å². The predicted molar refractivity (Wildman–Crippen MR) is 56.5 cm³/mol. The first kappa shape index (κ1) is 11.2. The second-order valence-corrected chi connectivity index (χ2v) is 4.18. The Kier molecular flexibility index (Phi) is 4.59. The third-order valence-electron chi connectivity index (χ3n) is 1.88. The Labute approximate surface area is 87.5 Å². The van der Waals surface area contributed by atoms with Gasteiger partial charge in [0.1, 0.15) is 5.76 Å². The molecule has 0 amide bonds. The van der Waals surface area contributed by atoms with Crippen LogP contribution in [-0.4, -0.2) is 16.8 Å². The number of thioether (sulfide) groups is 1. The van der Waals surface area contributed by atoms with Gasteiger partial charge in [0.2, 0.25) is 0 Å². The van der Waals surface area contributed by atoms with Crippen molar-refractivity contribution in [1.29, 1.82) is 0 Å². The number of carbonyl (C=O) groups is 1. The van der Waals surface area contributed by atoms with Crippen molar-refractivity contribution in [3.8, 4) is 0 Å². The molecule has 3 nitrogen and oxygen atoms in total. The van der Waals surface area contributed by atoms with Crippen molar-refractivity contribution in [2.75, 3.05) is 5.75 Å². The van der Waals surface area contributed by atoms with Gasteiger partial charge in [-0.15, -0.1) is 0 Å². The van der Waals surface area contributed by atoms with Crippen molar-refractivity contribution in [2.24, 2.45) is 0 Å². The normalized spacial score (nSPS) is 10.4. The van der Waals surface area contributed by atoms with E-state index in [2.05, 4.69) is 0 Å². The molecule has 0 atom stereocenters. The van der Waals surface area contributed by atoms with Crippen LogP contribution in [-0.2, 0) is 10.5 Å². The van der Waals surface area contributed by atoms with E-state index in [1.54, 1.807) is 18.0 Å². The van der Waals surface area contributed by atoms with Gasteiger partial charge in [-0.1, -0.05) is 0 Å². The molecule has 14 heavy (non-hydrogen) atoms. The monoisotopic (exact) mass is 214 g/mol. The number of carboxylic acids is 1. The van der Waals surface area contributed by atoms with Gasteiger partial charge in [-0.05, 0) is 30.7 Å². The van der Waals surface area contributed by atoms with Gasteiger partial charge in [-0.25, -0.2) is 0 Å². The topological polar surface area (TPSA) is 50.4 Å². The standard InChI is InChI=1S/C10H14O3S/c1-8-4-5-13-9(8)7-14-6-2-3-10(11)12/h4-5H,2-3,6-7H2,1H3,(H,11,12). The fourth-order valence-corrected chi connectivity index (χ4v) is 2.02. The van der Waals surface area contributed by atoms with Gasteiger partial charge < -0.3 is 9.52 Å². The van der Waals surface area contributed by atoms with E-state index in [0.29, 0.717) is 0 Å². The van der Waals surface area contributed by atoms with Crippen LogP contribution in [0.15, 0.2) is 16.7 Å². The van der Waals surface area contributed by atoms with Crippen LogP contribution in [0.5, 0.6) is 0 Å². The number of aryl methyl sites for hydroxylation is 1. The van der Waals surface area contributed by atoms with Crippen molar-refractivity contribution in [2.45, 2.75) is 25.5 Å². The van der Waals surface area contributed by atoms with Crippen LogP contribution in [0.1, 0.15) is 24.2 Å². The lowest BCUT2D eigenvalue weighted by Crippen LogP contribution is -1.95. The molecule has 0 radical (unpaired) electrons. The summed E-state index contributed by atoms with van der Waals surface area (Å²) in [6.45, 7) is 2.01. The van der Waals surface area contributed by atoms with Crippen LogP contribution in [0.25, 0.3) is 0 Å². The molecule has 0 fully saturated rings. The molecular weight excluding hydrogens is 200 g/mol. The third-order valence-corrected chi connectivity index (χ3v) is 2.92. The third kappa shape index (κ3) is 3.87. The van der Waals surface area contributed by atoms with Crippen molar-refractivity contribution < 1.29 is 14.3 Å². The van der Waals surface area contributed by atoms with Gasteiger partial charge >= 0.3 is 5.97 Å². The average molecular weight is 214 g/mol. The quantitative estimate of drug-likeness (QED) is 0.740. The molecule has 0 aliphatic heterocycles. The van der Waals surface area contributed by atoms with E-state index in [0.717, 1.165) is 29.3 Å². The summed E-state index contributed by atoms with van der Waals surface area (Å²) in [5.74, 6) is 1.97. The number of aliphatic carboxylic acids is 1. The molecule has 0 bridgehead atoms. The lowest BCUT2D eigenvalue weighted by molar-refractivity contribution is -0.137. The highest BCUT2D eigenvalue weighted by atomic mass is 32.2. The van der Waals surface area contributed by atoms with E-state index in [9.17, 15) is 4.79 Å². The smallest absolute Gasteiger partial charge is 0.303 e. The first-order valence-electron chi connectivity index (χ1n) is 4.52. The maximum Gasteiger partial charge on any atom is 0.303 e. The zero-order chi connectivity index (χ0) is 10.4. The van der Waals surface area contributed by atoms with Crippen LogP contribution in [0.3, 0.4) is 0 Å². The second kappa shape index (κ2) is 5.75. The summed E-state index contributed by atoms with van der Waals surface area (Å²) in [5.41, 5.74) is 1.16. The molecule has 0 aromatic carbocycles. The molecule has 1 rings (SSSR count). The minimum Gasteiger partial charge on any atom is -0.481 e. The average Bonchev–Trinajstić information content (AvgIpc) is 2.51.